The topological polar surface area (TPSA) is 49.9 Å². The first-order valence-corrected chi connectivity index (χ1v) is 7.66. The van der Waals surface area contributed by atoms with Crippen LogP contribution in [0.25, 0.3) is 0 Å². The fourth-order valence-electron chi connectivity index (χ4n) is 3.80. The predicted octanol–water partition coefficient (Wildman–Crippen LogP) is 1.41. The largest absolute Gasteiger partial charge is 0.372 e. The summed E-state index contributed by atoms with van der Waals surface area (Å²) < 4.78 is 5.28. The summed E-state index contributed by atoms with van der Waals surface area (Å²) >= 11 is 0. The van der Waals surface area contributed by atoms with Gasteiger partial charge in [-0.2, -0.15) is 0 Å². The van der Waals surface area contributed by atoms with Crippen LogP contribution in [0.3, 0.4) is 0 Å². The van der Waals surface area contributed by atoms with Crippen LogP contribution in [0.2, 0.25) is 0 Å². The minimum Gasteiger partial charge on any atom is -0.372 e. The number of carbonyl (C=O) groups excluding carboxylic acids is 2. The molecule has 2 atom stereocenters. The number of hydrogen-bond donors (Lipinski definition) is 0. The third-order valence-corrected chi connectivity index (χ3v) is 4.79. The van der Waals surface area contributed by atoms with Gasteiger partial charge in [-0.15, -0.1) is 0 Å². The zero-order valence-electron chi connectivity index (χ0n) is 12.9. The van der Waals surface area contributed by atoms with Gasteiger partial charge in [0.2, 0.25) is 11.8 Å². The van der Waals surface area contributed by atoms with Gasteiger partial charge >= 0.3 is 0 Å². The average molecular weight is 282 g/mol. The Labute approximate surface area is 121 Å². The molecule has 5 heteroatoms. The van der Waals surface area contributed by atoms with Crippen molar-refractivity contribution >= 4 is 11.8 Å². The Kier molecular flexibility index (Phi) is 4.68. The van der Waals surface area contributed by atoms with Crippen molar-refractivity contribution in [1.82, 2.24) is 9.80 Å². The van der Waals surface area contributed by atoms with E-state index < -0.39 is 0 Å². The zero-order chi connectivity index (χ0) is 14.8. The average Bonchev–Trinajstić information content (AvgIpc) is 2.42. The van der Waals surface area contributed by atoms with Crippen LogP contribution >= 0.6 is 0 Å². The lowest BCUT2D eigenvalue weighted by Gasteiger charge is -2.56. The van der Waals surface area contributed by atoms with Crippen molar-refractivity contribution < 1.29 is 14.3 Å². The fraction of sp³-hybridized carbons (Fsp3) is 0.867. The molecule has 2 fully saturated rings. The molecule has 0 saturated carbocycles. The van der Waals surface area contributed by atoms with E-state index in [9.17, 15) is 9.59 Å². The van der Waals surface area contributed by atoms with Crippen LogP contribution in [0.15, 0.2) is 0 Å². The maximum absolute atomic E-state index is 12.4. The molecule has 0 aromatic carbocycles. The molecule has 2 amide bonds. The lowest BCUT2D eigenvalue weighted by Crippen LogP contribution is -2.68. The molecule has 0 bridgehead atoms. The van der Waals surface area contributed by atoms with E-state index >= 15 is 0 Å². The molecular formula is C15H26N2O3. The van der Waals surface area contributed by atoms with E-state index in [0.717, 1.165) is 38.8 Å². The van der Waals surface area contributed by atoms with Gasteiger partial charge in [0, 0.05) is 26.6 Å². The summed E-state index contributed by atoms with van der Waals surface area (Å²) in [7, 11) is 0. The van der Waals surface area contributed by atoms with Gasteiger partial charge in [0.25, 0.3) is 0 Å². The van der Waals surface area contributed by atoms with Crippen LogP contribution in [0.1, 0.15) is 46.5 Å². The molecule has 2 aliphatic rings. The minimum atomic E-state index is -0.226. The highest BCUT2D eigenvalue weighted by molar-refractivity contribution is 5.79. The van der Waals surface area contributed by atoms with Crippen LogP contribution in [-0.4, -0.2) is 59.5 Å². The Hall–Kier alpha value is -1.10. The lowest BCUT2D eigenvalue weighted by molar-refractivity contribution is -0.158. The van der Waals surface area contributed by atoms with Crippen LogP contribution < -0.4 is 0 Å². The number of carbonyl (C=O) groups is 2. The summed E-state index contributed by atoms with van der Waals surface area (Å²) in [5.74, 6) is 0.185. The first-order valence-electron chi connectivity index (χ1n) is 7.66. The molecular weight excluding hydrogens is 256 g/mol. The summed E-state index contributed by atoms with van der Waals surface area (Å²) in [5, 5.41) is 0. The summed E-state index contributed by atoms with van der Waals surface area (Å²) in [6, 6.07) is 0.160. The van der Waals surface area contributed by atoms with Gasteiger partial charge in [0.15, 0.2) is 0 Å². The molecule has 0 aliphatic carbocycles. The summed E-state index contributed by atoms with van der Waals surface area (Å²) in [6.07, 6.45) is 3.89. The van der Waals surface area contributed by atoms with Gasteiger partial charge < -0.3 is 14.5 Å². The van der Waals surface area contributed by atoms with E-state index in [2.05, 4.69) is 6.92 Å². The quantitative estimate of drug-likeness (QED) is 0.786. The van der Waals surface area contributed by atoms with Crippen molar-refractivity contribution in [3.8, 4) is 0 Å². The minimum absolute atomic E-state index is 0.0597. The molecule has 2 saturated heterocycles. The molecule has 20 heavy (non-hydrogen) atoms. The maximum Gasteiger partial charge on any atom is 0.249 e. The molecule has 0 N–H and O–H groups in total. The molecule has 0 unspecified atom stereocenters. The Balaban J connectivity index is 2.18. The number of rotatable bonds is 3. The number of hydrogen-bond acceptors (Lipinski definition) is 3. The second kappa shape index (κ2) is 6.12. The molecule has 2 aliphatic heterocycles. The summed E-state index contributed by atoms with van der Waals surface area (Å²) in [4.78, 5) is 28.2. The Morgan fingerprint density at radius 2 is 2.05 bits per heavy atom. The van der Waals surface area contributed by atoms with E-state index in [1.807, 2.05) is 16.7 Å². The van der Waals surface area contributed by atoms with Crippen molar-refractivity contribution in [1.29, 1.82) is 0 Å². The molecule has 2 rings (SSSR count). The summed E-state index contributed by atoms with van der Waals surface area (Å²) in [5.41, 5.74) is -0.226. The standard InChI is InChI=1S/C15H26N2O3/c1-4-20-11-14(19)17-10-5-7-13-15(17,3)8-6-9-16(13)12(2)18/h13H,4-11H2,1-3H3/t13-,15-/m0/s1. The predicted molar refractivity (Wildman–Crippen MR) is 76.3 cm³/mol. The van der Waals surface area contributed by atoms with Crippen LogP contribution in [0, 0.1) is 0 Å². The number of piperidine rings is 2. The van der Waals surface area contributed by atoms with Gasteiger partial charge in [-0.25, -0.2) is 0 Å². The van der Waals surface area contributed by atoms with E-state index in [-0.39, 0.29) is 30.0 Å². The maximum atomic E-state index is 12.4. The third-order valence-electron chi connectivity index (χ3n) is 4.79. The first-order chi connectivity index (χ1) is 9.50. The Bertz CT molecular complexity index is 385. The first kappa shape index (κ1) is 15.3. The SMILES string of the molecule is CCOCC(=O)N1CCC[C@@H]2N(C(C)=O)CCC[C@@]21C. The van der Waals surface area contributed by atoms with Gasteiger partial charge in [0.05, 0.1) is 11.6 Å². The van der Waals surface area contributed by atoms with E-state index in [0.29, 0.717) is 6.61 Å². The molecule has 0 aromatic heterocycles. The monoisotopic (exact) mass is 282 g/mol. The molecule has 0 aromatic rings. The zero-order valence-corrected chi connectivity index (χ0v) is 12.9. The lowest BCUT2D eigenvalue weighted by atomic mass is 9.76. The Morgan fingerprint density at radius 3 is 2.70 bits per heavy atom. The summed E-state index contributed by atoms with van der Waals surface area (Å²) in [6.45, 7) is 7.97. The van der Waals surface area contributed by atoms with Crippen molar-refractivity contribution in [2.24, 2.45) is 0 Å². The van der Waals surface area contributed by atoms with Crippen molar-refractivity contribution in [3.05, 3.63) is 0 Å². The number of fused-ring (bicyclic) bond motifs is 1. The molecule has 0 radical (unpaired) electrons. The highest BCUT2D eigenvalue weighted by Crippen LogP contribution is 2.39. The molecule has 5 nitrogen and oxygen atoms in total. The van der Waals surface area contributed by atoms with Crippen LogP contribution in [0.4, 0.5) is 0 Å². The molecule has 2 heterocycles. The normalized spacial score (nSPS) is 30.1. The van der Waals surface area contributed by atoms with Crippen molar-refractivity contribution in [2.75, 3.05) is 26.3 Å². The van der Waals surface area contributed by atoms with Gasteiger partial charge in [-0.05, 0) is 39.5 Å². The third kappa shape index (κ3) is 2.68. The van der Waals surface area contributed by atoms with E-state index in [1.165, 1.54) is 0 Å². The van der Waals surface area contributed by atoms with Gasteiger partial charge in [0.1, 0.15) is 6.61 Å². The van der Waals surface area contributed by atoms with Crippen molar-refractivity contribution in [2.45, 2.75) is 58.0 Å². The number of likely N-dealkylation sites (tertiary alicyclic amines) is 2. The van der Waals surface area contributed by atoms with Crippen LogP contribution in [-0.2, 0) is 14.3 Å². The second-order valence-corrected chi connectivity index (χ2v) is 6.01. The highest BCUT2D eigenvalue weighted by Gasteiger charge is 2.49. The highest BCUT2D eigenvalue weighted by atomic mass is 16.5. The number of ether oxygens (including phenoxy) is 1. The van der Waals surface area contributed by atoms with E-state index in [1.54, 1.807) is 6.92 Å². The molecule has 0 spiro atoms. The smallest absolute Gasteiger partial charge is 0.249 e. The van der Waals surface area contributed by atoms with Gasteiger partial charge in [-0.3, -0.25) is 9.59 Å². The number of nitrogens with zero attached hydrogens (tertiary/aromatic N) is 2. The number of amides is 2. The Morgan fingerprint density at radius 1 is 1.30 bits per heavy atom. The van der Waals surface area contributed by atoms with Gasteiger partial charge in [-0.1, -0.05) is 0 Å². The van der Waals surface area contributed by atoms with E-state index in [4.69, 9.17) is 4.74 Å². The second-order valence-electron chi connectivity index (χ2n) is 6.01. The fourth-order valence-corrected chi connectivity index (χ4v) is 3.80. The van der Waals surface area contributed by atoms with Crippen LogP contribution in [0.5, 0.6) is 0 Å². The molecule has 114 valence electrons. The van der Waals surface area contributed by atoms with Crippen molar-refractivity contribution in [3.63, 3.8) is 0 Å².